The number of fused-ring (bicyclic) bond motifs is 1. The predicted octanol–water partition coefficient (Wildman–Crippen LogP) is 0.404. The Balaban J connectivity index is 2.34. The van der Waals surface area contributed by atoms with Crippen LogP contribution in [0.2, 0.25) is 0 Å². The fourth-order valence-electron chi connectivity index (χ4n) is 1.53. The second kappa shape index (κ2) is 2.99. The number of carboxylic acid groups (broad SMARTS) is 1. The zero-order valence-electron chi connectivity index (χ0n) is 7.56. The topological polar surface area (TPSA) is 72.6 Å². The van der Waals surface area contributed by atoms with Crippen molar-refractivity contribution in [1.29, 1.82) is 0 Å². The summed E-state index contributed by atoms with van der Waals surface area (Å²) < 4.78 is 5.29. The molecule has 1 aliphatic heterocycles. The average Bonchev–Trinajstić information content (AvgIpc) is 2.17. The normalized spacial score (nSPS) is 24.9. The van der Waals surface area contributed by atoms with Gasteiger partial charge < -0.3 is 15.6 Å². The Morgan fingerprint density at radius 3 is 2.93 bits per heavy atom. The summed E-state index contributed by atoms with van der Waals surface area (Å²) in [7, 11) is 0. The van der Waals surface area contributed by atoms with E-state index in [-0.39, 0.29) is 6.61 Å². The fraction of sp³-hybridized carbons (Fsp3) is 0.300. The maximum absolute atomic E-state index is 10.9. The molecule has 0 amide bonds. The van der Waals surface area contributed by atoms with Gasteiger partial charge in [-0.2, -0.15) is 0 Å². The number of carbonyl (C=O) groups is 1. The molecule has 0 spiro atoms. The first-order chi connectivity index (χ1) is 6.62. The number of nitrogens with two attached hydrogens (primary N) is 1. The number of benzene rings is 1. The molecule has 0 radical (unpaired) electrons. The van der Waals surface area contributed by atoms with Crippen molar-refractivity contribution in [2.24, 2.45) is 5.73 Å². The third-order valence-electron chi connectivity index (χ3n) is 2.39. The van der Waals surface area contributed by atoms with Gasteiger partial charge in [-0.25, -0.2) is 0 Å². The summed E-state index contributed by atoms with van der Waals surface area (Å²) >= 11 is 0. The second-order valence-electron chi connectivity index (χ2n) is 3.53. The number of para-hydroxylation sites is 1. The van der Waals surface area contributed by atoms with E-state index in [1.54, 1.807) is 0 Å². The van der Waals surface area contributed by atoms with Crippen LogP contribution in [0, 0.1) is 0 Å². The van der Waals surface area contributed by atoms with E-state index in [1.807, 2.05) is 24.3 Å². The molecule has 0 aromatic heterocycles. The number of rotatable bonds is 1. The third kappa shape index (κ3) is 1.33. The van der Waals surface area contributed by atoms with Crippen LogP contribution in [0.4, 0.5) is 0 Å². The molecule has 0 aliphatic carbocycles. The minimum Gasteiger partial charge on any atom is -0.491 e. The van der Waals surface area contributed by atoms with E-state index in [9.17, 15) is 4.79 Å². The Kier molecular flexibility index (Phi) is 1.93. The van der Waals surface area contributed by atoms with E-state index in [1.165, 1.54) is 0 Å². The molecular formula is C10H11NO3. The van der Waals surface area contributed by atoms with Gasteiger partial charge in [0.2, 0.25) is 0 Å². The lowest BCUT2D eigenvalue weighted by atomic mass is 9.90. The van der Waals surface area contributed by atoms with Crippen LogP contribution >= 0.6 is 0 Å². The first-order valence-corrected chi connectivity index (χ1v) is 4.35. The van der Waals surface area contributed by atoms with Crippen molar-refractivity contribution in [3.05, 3.63) is 29.8 Å². The smallest absolute Gasteiger partial charge is 0.327 e. The maximum atomic E-state index is 10.9. The molecule has 0 saturated carbocycles. The zero-order chi connectivity index (χ0) is 10.2. The summed E-state index contributed by atoms with van der Waals surface area (Å²) in [6.45, 7) is 0.0271. The Bertz CT molecular complexity index is 377. The quantitative estimate of drug-likeness (QED) is 0.677. The van der Waals surface area contributed by atoms with E-state index < -0.39 is 11.5 Å². The molecule has 14 heavy (non-hydrogen) atoms. The molecule has 1 aliphatic rings. The number of ether oxygens (including phenoxy) is 1. The van der Waals surface area contributed by atoms with Crippen molar-refractivity contribution in [1.82, 2.24) is 0 Å². The van der Waals surface area contributed by atoms with E-state index in [2.05, 4.69) is 0 Å². The van der Waals surface area contributed by atoms with Crippen molar-refractivity contribution < 1.29 is 14.6 Å². The summed E-state index contributed by atoms with van der Waals surface area (Å²) in [5, 5.41) is 8.92. The molecule has 1 aromatic rings. The van der Waals surface area contributed by atoms with Crippen molar-refractivity contribution in [2.75, 3.05) is 6.61 Å². The monoisotopic (exact) mass is 193 g/mol. The Hall–Kier alpha value is -1.55. The van der Waals surface area contributed by atoms with Crippen molar-refractivity contribution in [3.63, 3.8) is 0 Å². The van der Waals surface area contributed by atoms with Gasteiger partial charge in [0.25, 0.3) is 0 Å². The number of hydrogen-bond donors (Lipinski definition) is 2. The highest BCUT2D eigenvalue weighted by Gasteiger charge is 2.39. The van der Waals surface area contributed by atoms with Gasteiger partial charge in [-0.3, -0.25) is 4.79 Å². The van der Waals surface area contributed by atoms with Crippen LogP contribution in [-0.2, 0) is 11.2 Å². The van der Waals surface area contributed by atoms with Gasteiger partial charge in [0, 0.05) is 6.42 Å². The summed E-state index contributed by atoms with van der Waals surface area (Å²) in [4.78, 5) is 10.9. The summed E-state index contributed by atoms with van der Waals surface area (Å²) in [5.74, 6) is -0.290. The van der Waals surface area contributed by atoms with Crippen LogP contribution in [0.15, 0.2) is 24.3 Å². The molecule has 1 aromatic carbocycles. The van der Waals surface area contributed by atoms with E-state index in [0.717, 1.165) is 11.3 Å². The second-order valence-corrected chi connectivity index (χ2v) is 3.53. The van der Waals surface area contributed by atoms with Gasteiger partial charge in [0.15, 0.2) is 5.54 Å². The minimum atomic E-state index is -1.28. The van der Waals surface area contributed by atoms with Crippen LogP contribution in [0.1, 0.15) is 5.56 Å². The first-order valence-electron chi connectivity index (χ1n) is 4.35. The summed E-state index contributed by atoms with van der Waals surface area (Å²) in [6, 6.07) is 7.34. The number of aliphatic carboxylic acids is 1. The third-order valence-corrected chi connectivity index (χ3v) is 2.39. The van der Waals surface area contributed by atoms with Gasteiger partial charge in [0.1, 0.15) is 12.4 Å². The lowest BCUT2D eigenvalue weighted by molar-refractivity contribution is -0.145. The molecule has 0 unspecified atom stereocenters. The lowest BCUT2D eigenvalue weighted by Crippen LogP contribution is -2.56. The molecule has 74 valence electrons. The average molecular weight is 193 g/mol. The molecule has 1 atom stereocenters. The summed E-state index contributed by atoms with van der Waals surface area (Å²) in [6.07, 6.45) is 0.318. The molecule has 3 N–H and O–H groups in total. The van der Waals surface area contributed by atoms with E-state index >= 15 is 0 Å². The maximum Gasteiger partial charge on any atom is 0.327 e. The summed E-state index contributed by atoms with van der Waals surface area (Å²) in [5.41, 5.74) is 5.26. The molecule has 1 heterocycles. The SMILES string of the molecule is N[C@@]1(C(=O)O)COc2ccccc2C1. The van der Waals surface area contributed by atoms with Gasteiger partial charge in [0.05, 0.1) is 0 Å². The molecule has 4 nitrogen and oxygen atoms in total. The molecule has 0 fully saturated rings. The van der Waals surface area contributed by atoms with Crippen LogP contribution < -0.4 is 10.5 Å². The van der Waals surface area contributed by atoms with Crippen molar-refractivity contribution >= 4 is 5.97 Å². The zero-order valence-corrected chi connectivity index (χ0v) is 7.56. The van der Waals surface area contributed by atoms with Crippen LogP contribution in [0.25, 0.3) is 0 Å². The molecule has 2 rings (SSSR count). The minimum absolute atomic E-state index is 0.0271. The van der Waals surface area contributed by atoms with Crippen LogP contribution in [0.5, 0.6) is 5.75 Å². The number of hydrogen-bond acceptors (Lipinski definition) is 3. The van der Waals surface area contributed by atoms with Gasteiger partial charge in [-0.05, 0) is 11.6 Å². The highest BCUT2D eigenvalue weighted by molar-refractivity contribution is 5.79. The molecular weight excluding hydrogens is 182 g/mol. The number of carboxylic acids is 1. The standard InChI is InChI=1S/C10H11NO3/c11-10(9(12)13)5-7-3-1-2-4-8(7)14-6-10/h1-4H,5-6,11H2,(H,12,13)/t10-/m1/s1. The highest BCUT2D eigenvalue weighted by Crippen LogP contribution is 2.27. The fourth-order valence-corrected chi connectivity index (χ4v) is 1.53. The first kappa shape index (κ1) is 9.02. The molecule has 4 heteroatoms. The predicted molar refractivity (Wildman–Crippen MR) is 50.2 cm³/mol. The Morgan fingerprint density at radius 2 is 2.21 bits per heavy atom. The molecule has 0 bridgehead atoms. The van der Waals surface area contributed by atoms with Crippen molar-refractivity contribution in [3.8, 4) is 5.75 Å². The lowest BCUT2D eigenvalue weighted by Gasteiger charge is -2.30. The van der Waals surface area contributed by atoms with Gasteiger partial charge in [-0.1, -0.05) is 18.2 Å². The Labute approximate surface area is 81.3 Å². The van der Waals surface area contributed by atoms with Gasteiger partial charge in [-0.15, -0.1) is 0 Å². The Morgan fingerprint density at radius 1 is 1.50 bits per heavy atom. The van der Waals surface area contributed by atoms with E-state index in [0.29, 0.717) is 6.42 Å². The van der Waals surface area contributed by atoms with Crippen molar-refractivity contribution in [2.45, 2.75) is 12.0 Å². The van der Waals surface area contributed by atoms with Crippen LogP contribution in [-0.4, -0.2) is 23.2 Å². The highest BCUT2D eigenvalue weighted by atomic mass is 16.5. The largest absolute Gasteiger partial charge is 0.491 e. The van der Waals surface area contributed by atoms with Crippen LogP contribution in [0.3, 0.4) is 0 Å². The van der Waals surface area contributed by atoms with E-state index in [4.69, 9.17) is 15.6 Å². The van der Waals surface area contributed by atoms with Gasteiger partial charge >= 0.3 is 5.97 Å². The molecule has 0 saturated heterocycles.